The molecule has 3 aromatic rings. The number of nitrogens with one attached hydrogen (secondary N) is 2. The fourth-order valence-corrected chi connectivity index (χ4v) is 6.28. The van der Waals surface area contributed by atoms with Crippen LogP contribution in [0.2, 0.25) is 0 Å². The predicted octanol–water partition coefficient (Wildman–Crippen LogP) is 1.97. The molecule has 12 nitrogen and oxygen atoms in total. The number of anilines is 1. The van der Waals surface area contributed by atoms with Crippen molar-refractivity contribution in [2.45, 2.75) is 50.8 Å². The van der Waals surface area contributed by atoms with Crippen LogP contribution in [0.4, 0.5) is 5.69 Å². The van der Waals surface area contributed by atoms with E-state index in [1.807, 2.05) is 19.1 Å². The van der Waals surface area contributed by atoms with Crippen molar-refractivity contribution in [2.24, 2.45) is 7.05 Å². The van der Waals surface area contributed by atoms with Crippen molar-refractivity contribution in [2.75, 3.05) is 25.5 Å². The van der Waals surface area contributed by atoms with Crippen LogP contribution in [0.3, 0.4) is 0 Å². The minimum absolute atomic E-state index is 0.0688. The molecule has 12 heteroatoms. The van der Waals surface area contributed by atoms with Crippen LogP contribution in [0, 0.1) is 6.92 Å². The summed E-state index contributed by atoms with van der Waals surface area (Å²) in [6, 6.07) is 12.1. The van der Waals surface area contributed by atoms with Gasteiger partial charge in [0, 0.05) is 38.2 Å². The summed E-state index contributed by atoms with van der Waals surface area (Å²) < 4.78 is 7.31. The Bertz CT molecular complexity index is 1720. The molecule has 4 heterocycles. The Labute approximate surface area is 254 Å². The molecule has 1 aromatic heterocycles. The molecule has 0 radical (unpaired) electrons. The number of ether oxygens (including phenoxy) is 1. The van der Waals surface area contributed by atoms with Gasteiger partial charge in [-0.1, -0.05) is 24.3 Å². The number of carbonyl (C=O) groups excluding carboxylic acids is 4. The largest absolute Gasteiger partial charge is 0.489 e. The normalized spacial score (nSPS) is 22.2. The molecular formula is C32H34N6O6. The molecule has 2 aromatic carbocycles. The second kappa shape index (κ2) is 11.7. The average molecular weight is 599 g/mol. The highest BCUT2D eigenvalue weighted by Crippen LogP contribution is 2.31. The van der Waals surface area contributed by atoms with Gasteiger partial charge in [0.05, 0.1) is 23.0 Å². The summed E-state index contributed by atoms with van der Waals surface area (Å²) in [5.41, 5.74) is 3.86. The quantitative estimate of drug-likeness (QED) is 0.390. The molecule has 4 amide bonds. The van der Waals surface area contributed by atoms with Crippen LogP contribution in [0.15, 0.2) is 53.5 Å². The number of fused-ring (bicyclic) bond motifs is 1. The molecule has 6 rings (SSSR count). The highest BCUT2D eigenvalue weighted by molar-refractivity contribution is 6.23. The summed E-state index contributed by atoms with van der Waals surface area (Å²) in [5.74, 6) is -1.44. The minimum atomic E-state index is -1.01. The van der Waals surface area contributed by atoms with Crippen LogP contribution >= 0.6 is 0 Å². The SMILES string of the molecule is Cc1c(N[C@@H]2C[C@H](c3ccc(COc4ccc5c(c4)C(=O)N(C4CCC(=O)NC4=O)C5=O)cc3)CN(C)C2)cnn(C)c1=O. The molecule has 0 spiro atoms. The van der Waals surface area contributed by atoms with E-state index in [0.29, 0.717) is 17.2 Å². The first-order valence-electron chi connectivity index (χ1n) is 14.6. The first-order valence-corrected chi connectivity index (χ1v) is 14.6. The Morgan fingerprint density at radius 3 is 2.48 bits per heavy atom. The average Bonchev–Trinajstić information content (AvgIpc) is 3.25. The zero-order valence-electron chi connectivity index (χ0n) is 24.8. The van der Waals surface area contributed by atoms with Gasteiger partial charge in [-0.05, 0) is 62.1 Å². The van der Waals surface area contributed by atoms with E-state index in [0.717, 1.165) is 35.7 Å². The third kappa shape index (κ3) is 5.60. The van der Waals surface area contributed by atoms with E-state index < -0.39 is 29.7 Å². The Morgan fingerprint density at radius 2 is 1.73 bits per heavy atom. The molecule has 3 aliphatic rings. The predicted molar refractivity (Wildman–Crippen MR) is 160 cm³/mol. The third-order valence-electron chi connectivity index (χ3n) is 8.64. The van der Waals surface area contributed by atoms with E-state index in [4.69, 9.17) is 4.74 Å². The van der Waals surface area contributed by atoms with Crippen LogP contribution in [-0.4, -0.2) is 75.4 Å². The van der Waals surface area contributed by atoms with Crippen LogP contribution in [-0.2, 0) is 23.2 Å². The lowest BCUT2D eigenvalue weighted by atomic mass is 9.87. The lowest BCUT2D eigenvalue weighted by molar-refractivity contribution is -0.136. The summed E-state index contributed by atoms with van der Waals surface area (Å²) >= 11 is 0. The number of rotatable bonds is 7. The topological polar surface area (TPSA) is 143 Å². The molecule has 3 aliphatic heterocycles. The maximum absolute atomic E-state index is 13.1. The van der Waals surface area contributed by atoms with Gasteiger partial charge in [-0.25, -0.2) is 4.68 Å². The molecule has 2 fully saturated rings. The number of hydrogen-bond donors (Lipinski definition) is 2. The Hall–Kier alpha value is -4.84. The fraction of sp³-hybridized carbons (Fsp3) is 0.375. The number of carbonyl (C=O) groups is 4. The fourth-order valence-electron chi connectivity index (χ4n) is 6.28. The monoisotopic (exact) mass is 598 g/mol. The van der Waals surface area contributed by atoms with E-state index in [1.54, 1.807) is 19.3 Å². The molecule has 1 unspecified atom stereocenters. The van der Waals surface area contributed by atoms with E-state index in [9.17, 15) is 24.0 Å². The van der Waals surface area contributed by atoms with Crippen molar-refractivity contribution in [1.82, 2.24) is 24.9 Å². The first kappa shape index (κ1) is 29.2. The van der Waals surface area contributed by atoms with Crippen molar-refractivity contribution in [1.29, 1.82) is 0 Å². The Kier molecular flexibility index (Phi) is 7.76. The Morgan fingerprint density at radius 1 is 0.977 bits per heavy atom. The van der Waals surface area contributed by atoms with Crippen molar-refractivity contribution in [3.05, 3.63) is 86.8 Å². The van der Waals surface area contributed by atoms with Crippen LogP contribution in [0.25, 0.3) is 0 Å². The highest BCUT2D eigenvalue weighted by atomic mass is 16.5. The number of piperidine rings is 2. The summed E-state index contributed by atoms with van der Waals surface area (Å²) in [5, 5.41) is 9.89. The second-order valence-corrected chi connectivity index (χ2v) is 11.8. The maximum atomic E-state index is 13.1. The molecule has 2 saturated heterocycles. The number of imide groups is 2. The zero-order chi connectivity index (χ0) is 31.1. The number of likely N-dealkylation sites (tertiary alicyclic amines) is 1. The standard InChI is InChI=1S/C32H34N6O6/c1-18-26(14-33-37(3)30(18)41)34-22-12-21(15-36(2)16-22)20-6-4-19(5-7-20)17-44-23-8-9-24-25(13-23)32(43)38(31(24)42)27-10-11-28(39)35-29(27)40/h4-9,13-14,21-22,27,34H,10-12,15-17H2,1-3H3,(H,35,39,40)/t21-,22+,27?/m0/s1. The van der Waals surface area contributed by atoms with Gasteiger partial charge in [-0.3, -0.25) is 34.2 Å². The highest BCUT2D eigenvalue weighted by Gasteiger charge is 2.44. The van der Waals surface area contributed by atoms with Gasteiger partial charge in [0.1, 0.15) is 18.4 Å². The van der Waals surface area contributed by atoms with Crippen molar-refractivity contribution in [3.63, 3.8) is 0 Å². The van der Waals surface area contributed by atoms with Crippen LogP contribution in [0.1, 0.15) is 62.6 Å². The molecular weight excluding hydrogens is 564 g/mol. The van der Waals surface area contributed by atoms with Crippen LogP contribution in [0.5, 0.6) is 5.75 Å². The van der Waals surface area contributed by atoms with E-state index >= 15 is 0 Å². The summed E-state index contributed by atoms with van der Waals surface area (Å²) in [6.45, 7) is 3.85. The third-order valence-corrected chi connectivity index (χ3v) is 8.64. The van der Waals surface area contributed by atoms with Gasteiger partial charge in [0.2, 0.25) is 11.8 Å². The van der Waals surface area contributed by atoms with Gasteiger partial charge in [0.25, 0.3) is 17.4 Å². The minimum Gasteiger partial charge on any atom is -0.489 e. The number of aromatic nitrogens is 2. The number of hydrogen-bond acceptors (Lipinski definition) is 9. The molecule has 228 valence electrons. The van der Waals surface area contributed by atoms with Gasteiger partial charge >= 0.3 is 0 Å². The lowest BCUT2D eigenvalue weighted by Gasteiger charge is -2.37. The van der Waals surface area contributed by atoms with Gasteiger partial charge in [0.15, 0.2) is 0 Å². The number of benzene rings is 2. The van der Waals surface area contributed by atoms with E-state index in [1.165, 1.54) is 22.4 Å². The van der Waals surface area contributed by atoms with Crippen molar-refractivity contribution in [3.8, 4) is 5.75 Å². The summed E-state index contributed by atoms with van der Waals surface area (Å²) in [6.07, 6.45) is 2.79. The summed E-state index contributed by atoms with van der Waals surface area (Å²) in [7, 11) is 3.74. The van der Waals surface area contributed by atoms with E-state index in [-0.39, 0.29) is 42.2 Å². The van der Waals surface area contributed by atoms with Crippen LogP contribution < -0.4 is 20.9 Å². The lowest BCUT2D eigenvalue weighted by Crippen LogP contribution is -2.54. The first-order chi connectivity index (χ1) is 21.1. The molecule has 3 atom stereocenters. The van der Waals surface area contributed by atoms with Gasteiger partial charge in [-0.2, -0.15) is 5.10 Å². The van der Waals surface area contributed by atoms with Gasteiger partial charge in [-0.15, -0.1) is 0 Å². The van der Waals surface area contributed by atoms with Crippen molar-refractivity contribution >= 4 is 29.3 Å². The number of aryl methyl sites for hydroxylation is 1. The summed E-state index contributed by atoms with van der Waals surface area (Å²) in [4.78, 5) is 65.4. The molecule has 44 heavy (non-hydrogen) atoms. The van der Waals surface area contributed by atoms with Gasteiger partial charge < -0.3 is 15.0 Å². The zero-order valence-corrected chi connectivity index (χ0v) is 24.8. The Balaban J connectivity index is 1.08. The number of likely N-dealkylation sites (N-methyl/N-ethyl adjacent to an activating group) is 1. The molecule has 2 N–H and O–H groups in total. The van der Waals surface area contributed by atoms with E-state index in [2.05, 4.69) is 39.8 Å². The number of amides is 4. The number of nitrogens with zero attached hydrogens (tertiary/aromatic N) is 4. The molecule has 0 saturated carbocycles. The molecule has 0 aliphatic carbocycles. The second-order valence-electron chi connectivity index (χ2n) is 11.8. The maximum Gasteiger partial charge on any atom is 0.271 e. The molecule has 0 bridgehead atoms. The smallest absolute Gasteiger partial charge is 0.271 e. The van der Waals surface area contributed by atoms with Crippen molar-refractivity contribution < 1.29 is 23.9 Å².